The number of hydrogen-bond donors (Lipinski definition) is 1. The van der Waals surface area contributed by atoms with Gasteiger partial charge in [-0.05, 0) is 30.5 Å². The van der Waals surface area contributed by atoms with E-state index in [-0.39, 0.29) is 5.91 Å². The van der Waals surface area contributed by atoms with Crippen LogP contribution in [0.3, 0.4) is 0 Å². The second kappa shape index (κ2) is 5.64. The predicted molar refractivity (Wildman–Crippen MR) is 71.4 cm³/mol. The van der Waals surface area contributed by atoms with Gasteiger partial charge in [-0.25, -0.2) is 0 Å². The molecular weight excluding hydrogens is 250 g/mol. The molecule has 1 aromatic heterocycles. The Morgan fingerprint density at radius 2 is 2.22 bits per heavy atom. The van der Waals surface area contributed by atoms with Crippen molar-refractivity contribution in [3.63, 3.8) is 0 Å². The first-order valence-electron chi connectivity index (χ1n) is 5.30. The van der Waals surface area contributed by atoms with Gasteiger partial charge in [0, 0.05) is 4.90 Å². The first-order chi connectivity index (χ1) is 8.74. The number of carbonyl (C=O) groups excluding carboxylic acids is 1. The van der Waals surface area contributed by atoms with Crippen LogP contribution >= 0.6 is 11.8 Å². The summed E-state index contributed by atoms with van der Waals surface area (Å²) in [6.45, 7) is 0. The third kappa shape index (κ3) is 2.68. The van der Waals surface area contributed by atoms with Crippen LogP contribution in [0.4, 0.5) is 5.69 Å². The molecule has 0 saturated carbocycles. The molecule has 0 atom stereocenters. The fourth-order valence-electron chi connectivity index (χ4n) is 1.49. The normalized spacial score (nSPS) is 10.1. The molecule has 0 aliphatic rings. The second-order valence-corrected chi connectivity index (χ2v) is 4.41. The smallest absolute Gasteiger partial charge is 0.259 e. The van der Waals surface area contributed by atoms with Crippen LogP contribution in [0.15, 0.2) is 46.1 Å². The van der Waals surface area contributed by atoms with E-state index in [4.69, 9.17) is 9.15 Å². The highest BCUT2D eigenvalue weighted by Crippen LogP contribution is 2.29. The second-order valence-electron chi connectivity index (χ2n) is 3.53. The summed E-state index contributed by atoms with van der Waals surface area (Å²) in [5, 5.41) is 2.78. The molecule has 1 N–H and O–H groups in total. The van der Waals surface area contributed by atoms with Crippen LogP contribution in [0.2, 0.25) is 0 Å². The zero-order chi connectivity index (χ0) is 13.0. The quantitative estimate of drug-likeness (QED) is 0.860. The van der Waals surface area contributed by atoms with Gasteiger partial charge in [0.15, 0.2) is 0 Å². The zero-order valence-corrected chi connectivity index (χ0v) is 10.9. The van der Waals surface area contributed by atoms with Gasteiger partial charge in [0.2, 0.25) is 0 Å². The topological polar surface area (TPSA) is 51.5 Å². The molecule has 0 saturated heterocycles. The third-order valence-corrected chi connectivity index (χ3v) is 3.17. The number of methoxy groups -OCH3 is 1. The summed E-state index contributed by atoms with van der Waals surface area (Å²) in [6, 6.07) is 7.24. The number of furan rings is 1. The summed E-state index contributed by atoms with van der Waals surface area (Å²) in [4.78, 5) is 12.9. The Balaban J connectivity index is 2.21. The average molecular weight is 263 g/mol. The van der Waals surface area contributed by atoms with E-state index in [9.17, 15) is 4.79 Å². The molecule has 0 radical (unpaired) electrons. The van der Waals surface area contributed by atoms with Gasteiger partial charge in [-0.2, -0.15) is 0 Å². The molecule has 18 heavy (non-hydrogen) atoms. The van der Waals surface area contributed by atoms with Crippen molar-refractivity contribution in [3.05, 3.63) is 42.4 Å². The fourth-order valence-corrected chi connectivity index (χ4v) is 1.92. The molecule has 5 heteroatoms. The van der Waals surface area contributed by atoms with Crippen molar-refractivity contribution >= 4 is 23.4 Å². The molecule has 1 heterocycles. The Labute approximate surface area is 109 Å². The van der Waals surface area contributed by atoms with Gasteiger partial charge in [-0.15, -0.1) is 11.8 Å². The van der Waals surface area contributed by atoms with E-state index in [2.05, 4.69) is 5.32 Å². The van der Waals surface area contributed by atoms with E-state index in [0.717, 1.165) is 4.90 Å². The van der Waals surface area contributed by atoms with Crippen molar-refractivity contribution in [2.45, 2.75) is 4.90 Å². The summed E-state index contributed by atoms with van der Waals surface area (Å²) >= 11 is 1.62. The monoisotopic (exact) mass is 263 g/mol. The largest absolute Gasteiger partial charge is 0.495 e. The van der Waals surface area contributed by atoms with Crippen molar-refractivity contribution < 1.29 is 13.9 Å². The lowest BCUT2D eigenvalue weighted by Crippen LogP contribution is -2.11. The number of rotatable bonds is 4. The number of ether oxygens (including phenoxy) is 1. The molecule has 0 unspecified atom stereocenters. The van der Waals surface area contributed by atoms with E-state index < -0.39 is 0 Å². The molecule has 4 nitrogen and oxygen atoms in total. The van der Waals surface area contributed by atoms with E-state index in [1.807, 2.05) is 24.5 Å². The van der Waals surface area contributed by atoms with Crippen LogP contribution in [-0.4, -0.2) is 19.3 Å². The van der Waals surface area contributed by atoms with Crippen molar-refractivity contribution in [1.82, 2.24) is 0 Å². The summed E-state index contributed by atoms with van der Waals surface area (Å²) < 4.78 is 10.1. The number of hydrogen-bond acceptors (Lipinski definition) is 4. The Kier molecular flexibility index (Phi) is 3.94. The van der Waals surface area contributed by atoms with Gasteiger partial charge in [0.25, 0.3) is 5.91 Å². The van der Waals surface area contributed by atoms with Gasteiger partial charge in [-0.1, -0.05) is 0 Å². The SMILES string of the molecule is COc1cc(SC)ccc1NC(=O)c1ccoc1. The van der Waals surface area contributed by atoms with E-state index in [1.54, 1.807) is 24.9 Å². The number of anilines is 1. The highest BCUT2D eigenvalue weighted by molar-refractivity contribution is 7.98. The van der Waals surface area contributed by atoms with Crippen LogP contribution in [0.25, 0.3) is 0 Å². The number of amides is 1. The lowest BCUT2D eigenvalue weighted by Gasteiger charge is -2.10. The van der Waals surface area contributed by atoms with E-state index in [0.29, 0.717) is 17.0 Å². The number of thioether (sulfide) groups is 1. The Bertz CT molecular complexity index is 537. The fraction of sp³-hybridized carbons (Fsp3) is 0.154. The molecule has 0 aliphatic carbocycles. The minimum atomic E-state index is -0.223. The summed E-state index contributed by atoms with van der Waals surface area (Å²) in [6.07, 6.45) is 4.85. The van der Waals surface area contributed by atoms with Crippen molar-refractivity contribution in [2.75, 3.05) is 18.7 Å². The first-order valence-corrected chi connectivity index (χ1v) is 6.52. The molecule has 1 aromatic carbocycles. The predicted octanol–water partition coefficient (Wildman–Crippen LogP) is 3.26. The molecule has 0 fully saturated rings. The van der Waals surface area contributed by atoms with Crippen molar-refractivity contribution in [2.24, 2.45) is 0 Å². The van der Waals surface area contributed by atoms with Crippen LogP contribution in [0.1, 0.15) is 10.4 Å². The van der Waals surface area contributed by atoms with Gasteiger partial charge >= 0.3 is 0 Å². The van der Waals surface area contributed by atoms with Gasteiger partial charge < -0.3 is 14.5 Å². The van der Waals surface area contributed by atoms with Crippen molar-refractivity contribution in [1.29, 1.82) is 0 Å². The molecule has 94 valence electrons. The summed E-state index contributed by atoms with van der Waals surface area (Å²) in [7, 11) is 1.58. The highest BCUT2D eigenvalue weighted by atomic mass is 32.2. The first kappa shape index (κ1) is 12.6. The molecule has 2 aromatic rings. The van der Waals surface area contributed by atoms with Crippen LogP contribution in [0.5, 0.6) is 5.75 Å². The van der Waals surface area contributed by atoms with E-state index in [1.165, 1.54) is 12.5 Å². The zero-order valence-electron chi connectivity index (χ0n) is 10.1. The molecule has 2 rings (SSSR count). The maximum Gasteiger partial charge on any atom is 0.259 e. The average Bonchev–Trinajstić information content (AvgIpc) is 2.93. The molecule has 0 bridgehead atoms. The Hall–Kier alpha value is -1.88. The lowest BCUT2D eigenvalue weighted by molar-refractivity contribution is 0.102. The molecule has 0 aliphatic heterocycles. The van der Waals surface area contributed by atoms with Gasteiger partial charge in [-0.3, -0.25) is 4.79 Å². The standard InChI is InChI=1S/C13H13NO3S/c1-16-12-7-10(18-2)3-4-11(12)14-13(15)9-5-6-17-8-9/h3-8H,1-2H3,(H,14,15). The van der Waals surface area contributed by atoms with Gasteiger partial charge in [0.1, 0.15) is 12.0 Å². The molecule has 0 spiro atoms. The molecule has 1 amide bonds. The highest BCUT2D eigenvalue weighted by Gasteiger charge is 2.11. The third-order valence-electron chi connectivity index (χ3n) is 2.44. The van der Waals surface area contributed by atoms with Crippen LogP contribution in [-0.2, 0) is 0 Å². The maximum atomic E-state index is 11.9. The van der Waals surface area contributed by atoms with E-state index >= 15 is 0 Å². The van der Waals surface area contributed by atoms with Crippen LogP contribution < -0.4 is 10.1 Å². The number of benzene rings is 1. The number of carbonyl (C=O) groups is 1. The summed E-state index contributed by atoms with van der Waals surface area (Å²) in [5.74, 6) is 0.414. The number of nitrogens with one attached hydrogen (secondary N) is 1. The Morgan fingerprint density at radius 3 is 2.83 bits per heavy atom. The van der Waals surface area contributed by atoms with Crippen LogP contribution in [0, 0.1) is 0 Å². The van der Waals surface area contributed by atoms with Crippen molar-refractivity contribution in [3.8, 4) is 5.75 Å². The minimum Gasteiger partial charge on any atom is -0.495 e. The minimum absolute atomic E-state index is 0.223. The Morgan fingerprint density at radius 1 is 1.39 bits per heavy atom. The lowest BCUT2D eigenvalue weighted by atomic mass is 10.2. The summed E-state index contributed by atoms with van der Waals surface area (Å²) in [5.41, 5.74) is 1.12. The maximum absolute atomic E-state index is 11.9. The van der Waals surface area contributed by atoms with Gasteiger partial charge in [0.05, 0.1) is 24.6 Å². The molecular formula is C13H13NO3S.